The number of rotatable bonds is 6. The predicted octanol–water partition coefficient (Wildman–Crippen LogP) is 2.14. The highest BCUT2D eigenvalue weighted by atomic mass is 32.2. The van der Waals surface area contributed by atoms with Gasteiger partial charge in [-0.15, -0.1) is 12.3 Å². The number of benzene rings is 1. The van der Waals surface area contributed by atoms with Gasteiger partial charge in [0.25, 0.3) is 0 Å². The summed E-state index contributed by atoms with van der Waals surface area (Å²) in [5.41, 5.74) is 0. The fourth-order valence-electron chi connectivity index (χ4n) is 1.39. The molecule has 0 radical (unpaired) electrons. The van der Waals surface area contributed by atoms with Crippen molar-refractivity contribution in [1.29, 1.82) is 0 Å². The van der Waals surface area contributed by atoms with Crippen LogP contribution in [-0.2, 0) is 9.84 Å². The van der Waals surface area contributed by atoms with Crippen molar-refractivity contribution in [2.24, 2.45) is 0 Å². The zero-order chi connectivity index (χ0) is 13.4. The van der Waals surface area contributed by atoms with Crippen molar-refractivity contribution in [2.45, 2.75) is 30.3 Å². The van der Waals surface area contributed by atoms with Crippen LogP contribution in [0.3, 0.4) is 0 Å². The average Bonchev–Trinajstić information content (AvgIpc) is 2.38. The lowest BCUT2D eigenvalue weighted by molar-refractivity contribution is 0.210. The molecule has 96 valence electrons. The molecule has 0 saturated carbocycles. The van der Waals surface area contributed by atoms with Gasteiger partial charge in [0.15, 0.2) is 9.84 Å². The first-order valence-electron chi connectivity index (χ1n) is 5.66. The van der Waals surface area contributed by atoms with E-state index in [2.05, 4.69) is 5.92 Å². The molecule has 1 N–H and O–H groups in total. The lowest BCUT2D eigenvalue weighted by Gasteiger charge is -2.03. The molecule has 3 nitrogen and oxygen atoms in total. The molecule has 1 atom stereocenters. The number of terminal acetylenes is 1. The fourth-order valence-corrected chi connectivity index (χ4v) is 2.47. The van der Waals surface area contributed by atoms with Gasteiger partial charge in [0.05, 0.1) is 11.0 Å². The summed E-state index contributed by atoms with van der Waals surface area (Å²) in [6, 6.07) is 8.10. The van der Waals surface area contributed by atoms with Crippen LogP contribution in [0, 0.1) is 12.3 Å². The van der Waals surface area contributed by atoms with Crippen molar-refractivity contribution in [1.82, 2.24) is 0 Å². The van der Waals surface area contributed by atoms with Crippen molar-refractivity contribution in [3.8, 4) is 12.3 Å². The molecule has 0 bridgehead atoms. The molecule has 0 fully saturated rings. The van der Waals surface area contributed by atoms with E-state index in [4.69, 9.17) is 6.42 Å². The van der Waals surface area contributed by atoms with Gasteiger partial charge in [-0.05, 0) is 31.1 Å². The minimum atomic E-state index is -3.47. The quantitative estimate of drug-likeness (QED) is 0.632. The van der Waals surface area contributed by atoms with E-state index in [9.17, 15) is 13.5 Å². The second-order valence-corrected chi connectivity index (χ2v) is 5.68. The molecule has 1 unspecified atom stereocenters. The van der Waals surface area contributed by atoms with Gasteiger partial charge in [0.1, 0.15) is 0 Å². The maximum atomic E-state index is 11.8. The SMILES string of the molecule is C#CCCCC(O)/C=C/S(=O)(=O)c1ccccc1. The molecule has 0 spiro atoms. The van der Waals surface area contributed by atoms with Crippen LogP contribution in [0.2, 0.25) is 0 Å². The molecular formula is C14H16O3S. The Bertz CT molecular complexity index is 524. The Labute approximate surface area is 108 Å². The highest BCUT2D eigenvalue weighted by Crippen LogP contribution is 2.12. The lowest BCUT2D eigenvalue weighted by atomic mass is 10.1. The normalized spacial score (nSPS) is 13.3. The van der Waals surface area contributed by atoms with Gasteiger partial charge in [-0.1, -0.05) is 18.2 Å². The van der Waals surface area contributed by atoms with Crippen LogP contribution in [0.25, 0.3) is 0 Å². The van der Waals surface area contributed by atoms with Crippen molar-refractivity contribution < 1.29 is 13.5 Å². The van der Waals surface area contributed by atoms with E-state index in [0.29, 0.717) is 19.3 Å². The number of hydrogen-bond donors (Lipinski definition) is 1. The van der Waals surface area contributed by atoms with E-state index in [0.717, 1.165) is 5.41 Å². The largest absolute Gasteiger partial charge is 0.389 e. The van der Waals surface area contributed by atoms with Gasteiger partial charge in [-0.25, -0.2) is 8.42 Å². The minimum absolute atomic E-state index is 0.220. The Kier molecular flexibility index (Phi) is 5.63. The smallest absolute Gasteiger partial charge is 0.199 e. The van der Waals surface area contributed by atoms with Gasteiger partial charge >= 0.3 is 0 Å². The number of aliphatic hydroxyl groups is 1. The van der Waals surface area contributed by atoms with E-state index in [1.54, 1.807) is 18.2 Å². The Morgan fingerprint density at radius 3 is 2.61 bits per heavy atom. The van der Waals surface area contributed by atoms with E-state index >= 15 is 0 Å². The average molecular weight is 264 g/mol. The van der Waals surface area contributed by atoms with Crippen molar-refractivity contribution >= 4 is 9.84 Å². The van der Waals surface area contributed by atoms with Crippen LogP contribution < -0.4 is 0 Å². The third-order valence-electron chi connectivity index (χ3n) is 2.37. The minimum Gasteiger partial charge on any atom is -0.389 e. The Balaban J connectivity index is 2.64. The zero-order valence-corrected chi connectivity index (χ0v) is 10.8. The molecular weight excluding hydrogens is 248 g/mol. The standard InChI is InChI=1S/C14H16O3S/c1-2-3-5-8-13(15)11-12-18(16,17)14-9-6-4-7-10-14/h1,4,6-7,9-13,15H,3,5,8H2/b12-11+. The monoisotopic (exact) mass is 264 g/mol. The first kappa shape index (κ1) is 14.5. The third-order valence-corrected chi connectivity index (χ3v) is 3.82. The number of sulfone groups is 1. The molecule has 0 aliphatic heterocycles. The van der Waals surface area contributed by atoms with Crippen LogP contribution >= 0.6 is 0 Å². The topological polar surface area (TPSA) is 54.4 Å². The van der Waals surface area contributed by atoms with Crippen molar-refractivity contribution in [3.63, 3.8) is 0 Å². The van der Waals surface area contributed by atoms with Crippen LogP contribution in [-0.4, -0.2) is 19.6 Å². The highest BCUT2D eigenvalue weighted by Gasteiger charge is 2.09. The molecule has 0 aliphatic carbocycles. The summed E-state index contributed by atoms with van der Waals surface area (Å²) >= 11 is 0. The first-order chi connectivity index (χ1) is 8.56. The van der Waals surface area contributed by atoms with Crippen LogP contribution in [0.4, 0.5) is 0 Å². The summed E-state index contributed by atoms with van der Waals surface area (Å²) in [6.07, 6.45) is 7.32. The molecule has 0 saturated heterocycles. The van der Waals surface area contributed by atoms with Gasteiger partial charge in [0.2, 0.25) is 0 Å². The maximum absolute atomic E-state index is 11.8. The van der Waals surface area contributed by atoms with Crippen LogP contribution in [0.5, 0.6) is 0 Å². The van der Waals surface area contributed by atoms with Gasteiger partial charge in [-0.3, -0.25) is 0 Å². The predicted molar refractivity (Wildman–Crippen MR) is 71.5 cm³/mol. The van der Waals surface area contributed by atoms with Gasteiger partial charge in [-0.2, -0.15) is 0 Å². The molecule has 0 heterocycles. The Morgan fingerprint density at radius 2 is 2.00 bits per heavy atom. The number of aliphatic hydroxyl groups excluding tert-OH is 1. The van der Waals surface area contributed by atoms with E-state index in [-0.39, 0.29) is 4.90 Å². The Hall–Kier alpha value is -1.57. The summed E-state index contributed by atoms with van der Waals surface area (Å²) < 4.78 is 23.7. The molecule has 0 aliphatic rings. The number of unbranched alkanes of at least 4 members (excludes halogenated alkanes) is 1. The molecule has 0 amide bonds. The van der Waals surface area contributed by atoms with E-state index in [1.807, 2.05) is 0 Å². The summed E-state index contributed by atoms with van der Waals surface area (Å²) in [4.78, 5) is 0.220. The third kappa shape index (κ3) is 4.74. The first-order valence-corrected chi connectivity index (χ1v) is 7.21. The summed E-state index contributed by atoms with van der Waals surface area (Å²) in [6.45, 7) is 0. The molecule has 1 aromatic rings. The van der Waals surface area contributed by atoms with Crippen LogP contribution in [0.1, 0.15) is 19.3 Å². The maximum Gasteiger partial charge on any atom is 0.199 e. The summed E-state index contributed by atoms with van der Waals surface area (Å²) in [7, 11) is -3.47. The molecule has 18 heavy (non-hydrogen) atoms. The van der Waals surface area contributed by atoms with Gasteiger partial charge < -0.3 is 5.11 Å². The van der Waals surface area contributed by atoms with Crippen molar-refractivity contribution in [2.75, 3.05) is 0 Å². The molecule has 1 aromatic carbocycles. The second-order valence-electron chi connectivity index (χ2n) is 3.85. The number of hydrogen-bond acceptors (Lipinski definition) is 3. The van der Waals surface area contributed by atoms with Crippen molar-refractivity contribution in [3.05, 3.63) is 41.8 Å². The Morgan fingerprint density at radius 1 is 1.33 bits per heavy atom. The summed E-state index contributed by atoms with van der Waals surface area (Å²) in [5, 5.41) is 10.6. The van der Waals surface area contributed by atoms with E-state index in [1.165, 1.54) is 18.2 Å². The summed E-state index contributed by atoms with van der Waals surface area (Å²) in [5.74, 6) is 2.47. The fraction of sp³-hybridized carbons (Fsp3) is 0.286. The molecule has 1 rings (SSSR count). The lowest BCUT2D eigenvalue weighted by Crippen LogP contribution is -2.04. The van der Waals surface area contributed by atoms with E-state index < -0.39 is 15.9 Å². The van der Waals surface area contributed by atoms with Gasteiger partial charge in [0, 0.05) is 11.8 Å². The molecule has 0 aromatic heterocycles. The molecule has 4 heteroatoms. The second kappa shape index (κ2) is 7.00. The van der Waals surface area contributed by atoms with Crippen LogP contribution in [0.15, 0.2) is 46.7 Å². The zero-order valence-electron chi connectivity index (χ0n) is 9.99. The highest BCUT2D eigenvalue weighted by molar-refractivity contribution is 7.94.